The van der Waals surface area contributed by atoms with Crippen molar-refractivity contribution in [1.82, 2.24) is 5.43 Å². The zero-order valence-corrected chi connectivity index (χ0v) is 17.4. The Balaban J connectivity index is 1.49. The molecule has 0 unspecified atom stereocenters. The fourth-order valence-corrected chi connectivity index (χ4v) is 4.03. The van der Waals surface area contributed by atoms with E-state index in [1.165, 1.54) is 22.3 Å². The molecule has 150 valence electrons. The van der Waals surface area contributed by atoms with E-state index in [-0.39, 0.29) is 17.2 Å². The molecule has 0 bridgehead atoms. The molecule has 0 radical (unpaired) electrons. The van der Waals surface area contributed by atoms with Gasteiger partial charge in [0.1, 0.15) is 0 Å². The molecule has 1 N–H and O–H groups in total. The lowest BCUT2D eigenvalue weighted by Crippen LogP contribution is -2.25. The molecule has 1 atom stereocenters. The van der Waals surface area contributed by atoms with Gasteiger partial charge in [-0.05, 0) is 43.0 Å². The summed E-state index contributed by atoms with van der Waals surface area (Å²) in [5, 5.41) is 4.12. The number of aryl methyl sites for hydroxylation is 2. The molecule has 3 heteroatoms. The van der Waals surface area contributed by atoms with E-state index in [0.717, 1.165) is 12.0 Å². The van der Waals surface area contributed by atoms with Crippen LogP contribution >= 0.6 is 0 Å². The van der Waals surface area contributed by atoms with Crippen molar-refractivity contribution in [3.63, 3.8) is 0 Å². The number of benzene rings is 3. The molecule has 3 nitrogen and oxygen atoms in total. The van der Waals surface area contributed by atoms with Crippen LogP contribution in [0.4, 0.5) is 0 Å². The predicted octanol–water partition coefficient (Wildman–Crippen LogP) is 5.42. The topological polar surface area (TPSA) is 41.5 Å². The molecule has 3 aromatic rings. The van der Waals surface area contributed by atoms with Crippen LogP contribution in [0.25, 0.3) is 6.08 Å². The maximum absolute atomic E-state index is 12.9. The summed E-state index contributed by atoms with van der Waals surface area (Å²) in [7, 11) is 0. The molecule has 1 fully saturated rings. The normalized spacial score (nSPS) is 17.3. The van der Waals surface area contributed by atoms with Gasteiger partial charge in [-0.15, -0.1) is 0 Å². The molecule has 1 aliphatic rings. The van der Waals surface area contributed by atoms with Gasteiger partial charge in [-0.25, -0.2) is 5.43 Å². The average molecular weight is 395 g/mol. The quantitative estimate of drug-likeness (QED) is 0.440. The van der Waals surface area contributed by atoms with Gasteiger partial charge in [-0.3, -0.25) is 4.79 Å². The molecule has 3 aromatic carbocycles. The van der Waals surface area contributed by atoms with Gasteiger partial charge in [-0.2, -0.15) is 5.10 Å². The number of carbonyl (C=O) groups excluding carboxylic acids is 1. The van der Waals surface area contributed by atoms with E-state index >= 15 is 0 Å². The minimum absolute atomic E-state index is 0.0412. The van der Waals surface area contributed by atoms with Crippen molar-refractivity contribution in [1.29, 1.82) is 0 Å². The Morgan fingerprint density at radius 2 is 1.47 bits per heavy atom. The lowest BCUT2D eigenvalue weighted by atomic mass is 9.85. The first kappa shape index (κ1) is 19.8. The zero-order chi connectivity index (χ0) is 21.0. The van der Waals surface area contributed by atoms with Gasteiger partial charge in [0.15, 0.2) is 0 Å². The highest BCUT2D eigenvalue weighted by atomic mass is 16.2. The Morgan fingerprint density at radius 3 is 2.03 bits per heavy atom. The highest BCUT2D eigenvalue weighted by Gasteiger charge is 2.60. The molecule has 4 rings (SSSR count). The summed E-state index contributed by atoms with van der Waals surface area (Å²) in [6, 6.07) is 27.0. The summed E-state index contributed by atoms with van der Waals surface area (Å²) < 4.78 is 0. The predicted molar refractivity (Wildman–Crippen MR) is 123 cm³/mol. The second-order valence-corrected chi connectivity index (χ2v) is 7.98. The van der Waals surface area contributed by atoms with Crippen LogP contribution in [0.3, 0.4) is 0 Å². The van der Waals surface area contributed by atoms with Crippen LogP contribution in [0.15, 0.2) is 90.0 Å². The van der Waals surface area contributed by atoms with Crippen LogP contribution in [0.5, 0.6) is 0 Å². The number of nitrogens with one attached hydrogen (secondary N) is 1. The van der Waals surface area contributed by atoms with Crippen molar-refractivity contribution in [2.45, 2.75) is 25.7 Å². The number of nitrogens with zero attached hydrogens (tertiary/aromatic N) is 1. The second kappa shape index (κ2) is 8.50. The maximum Gasteiger partial charge on any atom is 0.244 e. The molecule has 30 heavy (non-hydrogen) atoms. The third-order valence-corrected chi connectivity index (χ3v) is 5.83. The lowest BCUT2D eigenvalue weighted by Gasteiger charge is -2.19. The van der Waals surface area contributed by atoms with Crippen LogP contribution in [0.2, 0.25) is 0 Å². The van der Waals surface area contributed by atoms with Gasteiger partial charge < -0.3 is 0 Å². The number of hydrazone groups is 1. The second-order valence-electron chi connectivity index (χ2n) is 7.98. The summed E-state index contributed by atoms with van der Waals surface area (Å²) in [5.74, 6) is -0.168. The van der Waals surface area contributed by atoms with Crippen molar-refractivity contribution in [3.05, 3.63) is 113 Å². The van der Waals surface area contributed by atoms with Crippen molar-refractivity contribution in [3.8, 4) is 0 Å². The largest absolute Gasteiger partial charge is 0.273 e. The molecule has 1 amide bonds. The summed E-state index contributed by atoms with van der Waals surface area (Å²) >= 11 is 0. The first-order valence-corrected chi connectivity index (χ1v) is 10.3. The fraction of sp³-hybridized carbons (Fsp3) is 0.185. The third-order valence-electron chi connectivity index (χ3n) is 5.83. The van der Waals surface area contributed by atoms with Crippen molar-refractivity contribution in [2.24, 2.45) is 11.0 Å². The number of rotatable bonds is 6. The Kier molecular flexibility index (Phi) is 5.62. The van der Waals surface area contributed by atoms with E-state index in [9.17, 15) is 4.79 Å². The van der Waals surface area contributed by atoms with Crippen molar-refractivity contribution in [2.75, 3.05) is 0 Å². The Bertz CT molecular complexity index is 1020. The number of hydrogen-bond donors (Lipinski definition) is 1. The van der Waals surface area contributed by atoms with E-state index in [1.54, 1.807) is 6.21 Å². The average Bonchev–Trinajstić information content (AvgIpc) is 3.52. The smallest absolute Gasteiger partial charge is 0.244 e. The molecule has 0 aromatic heterocycles. The van der Waals surface area contributed by atoms with Crippen LogP contribution < -0.4 is 5.43 Å². The Hall–Kier alpha value is -3.46. The fourth-order valence-electron chi connectivity index (χ4n) is 4.03. The Morgan fingerprint density at radius 1 is 0.900 bits per heavy atom. The molecule has 1 saturated carbocycles. The summed E-state index contributed by atoms with van der Waals surface area (Å²) in [4.78, 5) is 12.9. The summed E-state index contributed by atoms with van der Waals surface area (Å²) in [6.45, 7) is 4.16. The molecule has 0 aliphatic heterocycles. The molecular weight excluding hydrogens is 368 g/mol. The van der Waals surface area contributed by atoms with E-state index in [4.69, 9.17) is 0 Å². The van der Waals surface area contributed by atoms with Gasteiger partial charge in [0.2, 0.25) is 5.91 Å². The van der Waals surface area contributed by atoms with Crippen molar-refractivity contribution >= 4 is 18.2 Å². The zero-order valence-electron chi connectivity index (χ0n) is 17.4. The number of carbonyl (C=O) groups is 1. The van der Waals surface area contributed by atoms with Crippen LogP contribution in [-0.2, 0) is 10.2 Å². The SMILES string of the molecule is Cc1ccc(C2(c3ccc(C)cc3)C[C@H]2C(=O)N/N=C\C=C\c2ccccc2)cc1. The van der Waals surface area contributed by atoms with Gasteiger partial charge in [0.25, 0.3) is 0 Å². The van der Waals surface area contributed by atoms with Gasteiger partial charge >= 0.3 is 0 Å². The molecular formula is C27H26N2O. The van der Waals surface area contributed by atoms with Crippen LogP contribution in [-0.4, -0.2) is 12.1 Å². The van der Waals surface area contributed by atoms with E-state index in [2.05, 4.69) is 72.9 Å². The summed E-state index contributed by atoms with van der Waals surface area (Å²) in [6.07, 6.45) is 6.19. The lowest BCUT2D eigenvalue weighted by molar-refractivity contribution is -0.122. The van der Waals surface area contributed by atoms with Gasteiger partial charge in [-0.1, -0.05) is 96.1 Å². The van der Waals surface area contributed by atoms with Gasteiger partial charge in [0.05, 0.1) is 5.92 Å². The minimum Gasteiger partial charge on any atom is -0.273 e. The van der Waals surface area contributed by atoms with Crippen LogP contribution in [0.1, 0.15) is 34.2 Å². The maximum atomic E-state index is 12.9. The monoisotopic (exact) mass is 394 g/mol. The third kappa shape index (κ3) is 4.11. The first-order valence-electron chi connectivity index (χ1n) is 10.3. The van der Waals surface area contributed by atoms with Gasteiger partial charge in [0, 0.05) is 11.6 Å². The number of hydrogen-bond acceptors (Lipinski definition) is 2. The number of amides is 1. The van der Waals surface area contributed by atoms with Crippen molar-refractivity contribution < 1.29 is 4.79 Å². The Labute approximate surface area is 178 Å². The highest BCUT2D eigenvalue weighted by molar-refractivity contribution is 5.87. The van der Waals surface area contributed by atoms with E-state index in [1.807, 2.05) is 42.5 Å². The van der Waals surface area contributed by atoms with E-state index < -0.39 is 0 Å². The minimum atomic E-state index is -0.277. The molecule has 0 saturated heterocycles. The first-order chi connectivity index (χ1) is 14.6. The molecule has 1 aliphatic carbocycles. The number of allylic oxidation sites excluding steroid dienone is 1. The molecule has 0 heterocycles. The molecule has 0 spiro atoms. The highest BCUT2D eigenvalue weighted by Crippen LogP contribution is 2.59. The van der Waals surface area contributed by atoms with Crippen LogP contribution in [0, 0.1) is 19.8 Å². The van der Waals surface area contributed by atoms with E-state index in [0.29, 0.717) is 0 Å². The standard InChI is InChI=1S/C27H26N2O/c1-20-10-14-23(15-11-20)27(24-16-12-21(2)13-17-24)19-25(27)26(30)29-28-18-6-9-22-7-4-3-5-8-22/h3-18,25H,19H2,1-2H3,(H,29,30)/b9-6+,28-18-/t25-/m0/s1. The summed E-state index contributed by atoms with van der Waals surface area (Å²) in [5.41, 5.74) is 8.35.